The highest BCUT2D eigenvalue weighted by Crippen LogP contribution is 2.37. The minimum atomic E-state index is -0.696. The smallest absolute Gasteiger partial charge is 0.120 e. The van der Waals surface area contributed by atoms with Crippen molar-refractivity contribution >= 4 is 29.5 Å². The van der Waals surface area contributed by atoms with E-state index in [9.17, 15) is 0 Å². The van der Waals surface area contributed by atoms with Gasteiger partial charge in [0.25, 0.3) is 0 Å². The molecule has 0 saturated heterocycles. The summed E-state index contributed by atoms with van der Waals surface area (Å²) in [7, 11) is 1.28. The van der Waals surface area contributed by atoms with Crippen LogP contribution in [0.4, 0.5) is 5.69 Å². The Morgan fingerprint density at radius 3 is 1.79 bits per heavy atom. The molecule has 4 rings (SSSR count). The summed E-state index contributed by atoms with van der Waals surface area (Å²) in [4.78, 5) is 0. The van der Waals surface area contributed by atoms with Gasteiger partial charge in [0, 0.05) is 18.0 Å². The molecule has 0 saturated carbocycles. The van der Waals surface area contributed by atoms with Gasteiger partial charge < -0.3 is 10.1 Å². The zero-order valence-corrected chi connectivity index (χ0v) is 17.3. The number of ether oxygens (including phenoxy) is 1. The summed E-state index contributed by atoms with van der Waals surface area (Å²) in [5.74, 6) is 0.891. The molecular formula is C26H24NOP. The number of anilines is 1. The molecule has 1 N–H and O–H groups in total. The zero-order chi connectivity index (χ0) is 19.9. The summed E-state index contributed by atoms with van der Waals surface area (Å²) in [6.07, 6.45) is 0. The Labute approximate surface area is 173 Å². The lowest BCUT2D eigenvalue weighted by atomic mass is 10.2. The molecule has 0 amide bonds. The van der Waals surface area contributed by atoms with E-state index in [1.807, 2.05) is 31.3 Å². The quantitative estimate of drug-likeness (QED) is 0.440. The lowest BCUT2D eigenvalue weighted by molar-refractivity contribution is 0.306. The standard InChI is InChI=1S/C26H24NOP/c1-27-25-18-17-22(28-20-21-11-5-2-6-12-21)19-26(25)29(23-13-7-3-8-14-23)24-15-9-4-10-16-24/h2-19,27H,20H2,1H3. The maximum atomic E-state index is 6.14. The summed E-state index contributed by atoms with van der Waals surface area (Å²) >= 11 is 0. The molecule has 0 aromatic heterocycles. The van der Waals surface area contributed by atoms with Gasteiger partial charge in [0.05, 0.1) is 0 Å². The lowest BCUT2D eigenvalue weighted by Gasteiger charge is -2.23. The molecule has 0 aliphatic rings. The molecule has 0 radical (unpaired) electrons. The molecule has 0 atom stereocenters. The van der Waals surface area contributed by atoms with Crippen molar-refractivity contribution in [3.05, 3.63) is 115 Å². The van der Waals surface area contributed by atoms with E-state index < -0.39 is 7.92 Å². The molecule has 4 aromatic rings. The summed E-state index contributed by atoms with van der Waals surface area (Å²) in [5.41, 5.74) is 2.30. The fourth-order valence-electron chi connectivity index (χ4n) is 3.32. The van der Waals surface area contributed by atoms with Gasteiger partial charge in [0.1, 0.15) is 12.4 Å². The molecule has 0 bridgehead atoms. The Hall–Kier alpha value is -3.09. The number of nitrogens with one attached hydrogen (secondary N) is 1. The van der Waals surface area contributed by atoms with E-state index in [0.29, 0.717) is 6.61 Å². The molecule has 4 aromatic carbocycles. The molecule has 3 heteroatoms. The first-order chi connectivity index (χ1) is 14.3. The van der Waals surface area contributed by atoms with Crippen molar-refractivity contribution in [1.82, 2.24) is 0 Å². The van der Waals surface area contributed by atoms with Gasteiger partial charge in [-0.1, -0.05) is 91.0 Å². The SMILES string of the molecule is CNc1ccc(OCc2ccccc2)cc1P(c1ccccc1)c1ccccc1. The van der Waals surface area contributed by atoms with Gasteiger partial charge in [0.15, 0.2) is 0 Å². The molecule has 2 nitrogen and oxygen atoms in total. The van der Waals surface area contributed by atoms with Crippen molar-refractivity contribution < 1.29 is 4.74 Å². The normalized spacial score (nSPS) is 10.7. The van der Waals surface area contributed by atoms with Gasteiger partial charge >= 0.3 is 0 Å². The van der Waals surface area contributed by atoms with E-state index in [1.54, 1.807) is 0 Å². The van der Waals surface area contributed by atoms with E-state index in [-0.39, 0.29) is 0 Å². The van der Waals surface area contributed by atoms with E-state index in [4.69, 9.17) is 4.74 Å². The maximum absolute atomic E-state index is 6.14. The number of hydrogen-bond acceptors (Lipinski definition) is 2. The van der Waals surface area contributed by atoms with E-state index in [0.717, 1.165) is 11.4 Å². The summed E-state index contributed by atoms with van der Waals surface area (Å²) in [6.45, 7) is 0.563. The molecule has 144 valence electrons. The Kier molecular flexibility index (Phi) is 6.24. The fourth-order valence-corrected chi connectivity index (χ4v) is 5.80. The zero-order valence-electron chi connectivity index (χ0n) is 16.5. The molecule has 0 fully saturated rings. The van der Waals surface area contributed by atoms with Gasteiger partial charge in [0.2, 0.25) is 0 Å². The summed E-state index contributed by atoms with van der Waals surface area (Å²) < 4.78 is 6.14. The second-order valence-corrected chi connectivity index (χ2v) is 8.90. The largest absolute Gasteiger partial charge is 0.489 e. The van der Waals surface area contributed by atoms with Crippen LogP contribution in [0.25, 0.3) is 0 Å². The number of benzene rings is 4. The molecule has 29 heavy (non-hydrogen) atoms. The van der Waals surface area contributed by atoms with Crippen LogP contribution in [0.3, 0.4) is 0 Å². The van der Waals surface area contributed by atoms with Gasteiger partial charge in [-0.05, 0) is 42.3 Å². The first-order valence-corrected chi connectivity index (χ1v) is 11.1. The molecular weight excluding hydrogens is 373 g/mol. The second-order valence-electron chi connectivity index (χ2n) is 6.71. The predicted octanol–water partition coefficient (Wildman–Crippen LogP) is 5.07. The monoisotopic (exact) mass is 397 g/mol. The van der Waals surface area contributed by atoms with Crippen LogP contribution in [0.15, 0.2) is 109 Å². The van der Waals surface area contributed by atoms with Crippen LogP contribution in [0, 0.1) is 0 Å². The third-order valence-corrected chi connectivity index (χ3v) is 7.24. The van der Waals surface area contributed by atoms with Gasteiger partial charge in [-0.3, -0.25) is 0 Å². The van der Waals surface area contributed by atoms with Crippen molar-refractivity contribution in [2.75, 3.05) is 12.4 Å². The van der Waals surface area contributed by atoms with E-state index >= 15 is 0 Å². The molecule has 0 aliphatic carbocycles. The number of rotatable bonds is 7. The third-order valence-electron chi connectivity index (χ3n) is 4.76. The average Bonchev–Trinajstić information content (AvgIpc) is 2.80. The highest BCUT2D eigenvalue weighted by molar-refractivity contribution is 7.80. The Morgan fingerprint density at radius 2 is 1.24 bits per heavy atom. The minimum Gasteiger partial charge on any atom is -0.489 e. The van der Waals surface area contributed by atoms with Crippen LogP contribution in [-0.2, 0) is 6.61 Å². The van der Waals surface area contributed by atoms with Crippen LogP contribution in [0.2, 0.25) is 0 Å². The first kappa shape index (κ1) is 19.2. The molecule has 0 aliphatic heterocycles. The molecule has 0 unspecified atom stereocenters. The van der Waals surface area contributed by atoms with Gasteiger partial charge in [-0.25, -0.2) is 0 Å². The van der Waals surface area contributed by atoms with Crippen LogP contribution < -0.4 is 26.0 Å². The predicted molar refractivity (Wildman–Crippen MR) is 125 cm³/mol. The Bertz CT molecular complexity index is 997. The highest BCUT2D eigenvalue weighted by atomic mass is 31.1. The van der Waals surface area contributed by atoms with Crippen molar-refractivity contribution in [1.29, 1.82) is 0 Å². The van der Waals surface area contributed by atoms with Crippen molar-refractivity contribution in [3.8, 4) is 5.75 Å². The minimum absolute atomic E-state index is 0.563. The van der Waals surface area contributed by atoms with Crippen molar-refractivity contribution in [2.24, 2.45) is 0 Å². The second kappa shape index (κ2) is 9.41. The van der Waals surface area contributed by atoms with Crippen LogP contribution in [0.1, 0.15) is 5.56 Å². The van der Waals surface area contributed by atoms with Crippen LogP contribution in [0.5, 0.6) is 5.75 Å². The molecule has 0 heterocycles. The van der Waals surface area contributed by atoms with Crippen molar-refractivity contribution in [3.63, 3.8) is 0 Å². The number of hydrogen-bond donors (Lipinski definition) is 1. The van der Waals surface area contributed by atoms with Crippen LogP contribution >= 0.6 is 7.92 Å². The van der Waals surface area contributed by atoms with Crippen molar-refractivity contribution in [2.45, 2.75) is 6.61 Å². The Morgan fingerprint density at radius 1 is 0.690 bits per heavy atom. The fraction of sp³-hybridized carbons (Fsp3) is 0.0769. The van der Waals surface area contributed by atoms with Gasteiger partial charge in [-0.15, -0.1) is 0 Å². The first-order valence-electron chi connectivity index (χ1n) is 9.74. The topological polar surface area (TPSA) is 21.3 Å². The van der Waals surface area contributed by atoms with Crippen LogP contribution in [-0.4, -0.2) is 7.05 Å². The van der Waals surface area contributed by atoms with E-state index in [2.05, 4.69) is 90.2 Å². The van der Waals surface area contributed by atoms with Gasteiger partial charge in [-0.2, -0.15) is 0 Å². The average molecular weight is 397 g/mol. The van der Waals surface area contributed by atoms with E-state index in [1.165, 1.54) is 21.5 Å². The molecule has 0 spiro atoms. The lowest BCUT2D eigenvalue weighted by Crippen LogP contribution is -2.22. The summed E-state index contributed by atoms with van der Waals surface area (Å²) in [5, 5.41) is 7.30. The maximum Gasteiger partial charge on any atom is 0.120 e. The third kappa shape index (κ3) is 4.67. The highest BCUT2D eigenvalue weighted by Gasteiger charge is 2.20. The summed E-state index contributed by atoms with van der Waals surface area (Å²) in [6, 6.07) is 38.1. The Balaban J connectivity index is 1.73.